The molecule has 2 N–H and O–H groups in total. The van der Waals surface area contributed by atoms with Gasteiger partial charge in [-0.3, -0.25) is 10.1 Å². The fourth-order valence-electron chi connectivity index (χ4n) is 1.51. The molecule has 2 aromatic rings. The van der Waals surface area contributed by atoms with Crippen LogP contribution in [0.15, 0.2) is 16.8 Å². The molecule has 0 atom stereocenters. The summed E-state index contributed by atoms with van der Waals surface area (Å²) in [6, 6.07) is 1.10. The Hall–Kier alpha value is -2.44. The van der Waals surface area contributed by atoms with Gasteiger partial charge in [-0.25, -0.2) is 9.37 Å². The van der Waals surface area contributed by atoms with Crippen molar-refractivity contribution in [2.24, 2.45) is 0 Å². The second kappa shape index (κ2) is 5.05. The topological polar surface area (TPSA) is 80.0 Å². The van der Waals surface area contributed by atoms with Crippen LogP contribution in [0.25, 0.3) is 0 Å². The normalized spacial score (nSPS) is 10.3. The molecule has 6 nitrogen and oxygen atoms in total. The smallest absolute Gasteiger partial charge is 0.261 e. The summed E-state index contributed by atoms with van der Waals surface area (Å²) < 4.78 is 18.1. The fraction of sp³-hybridized carbons (Fsp3) is 0.250. The second-order valence-electron chi connectivity index (χ2n) is 3.98. The lowest BCUT2D eigenvalue weighted by atomic mass is 10.2. The summed E-state index contributed by atoms with van der Waals surface area (Å²) >= 11 is 0. The van der Waals surface area contributed by atoms with E-state index in [1.165, 1.54) is 0 Å². The number of carbonyl (C=O) groups is 1. The Bertz CT molecular complexity index is 624. The molecular formula is C12H13FN4O2. The standard InChI is InChI=1S/C12H13FN4O2/c1-6-7(2)17-19-12(6)16-11(18)9-4-8(13)5-15-10(9)14-3/h4-5H,1-3H3,(H,14,15)(H,16,18). The molecule has 100 valence electrons. The lowest BCUT2D eigenvalue weighted by Gasteiger charge is -2.07. The SMILES string of the molecule is CNc1ncc(F)cc1C(=O)Nc1onc(C)c1C. The van der Waals surface area contributed by atoms with Crippen molar-refractivity contribution >= 4 is 17.6 Å². The minimum absolute atomic E-state index is 0.0935. The van der Waals surface area contributed by atoms with Crippen molar-refractivity contribution in [1.29, 1.82) is 0 Å². The Morgan fingerprint density at radius 1 is 1.42 bits per heavy atom. The van der Waals surface area contributed by atoms with E-state index in [2.05, 4.69) is 20.8 Å². The number of aromatic nitrogens is 2. The molecule has 0 aliphatic carbocycles. The quantitative estimate of drug-likeness (QED) is 0.887. The summed E-state index contributed by atoms with van der Waals surface area (Å²) in [4.78, 5) is 15.9. The highest BCUT2D eigenvalue weighted by atomic mass is 19.1. The number of carbonyl (C=O) groups excluding carboxylic acids is 1. The highest BCUT2D eigenvalue weighted by Gasteiger charge is 2.17. The van der Waals surface area contributed by atoms with E-state index in [0.29, 0.717) is 5.69 Å². The van der Waals surface area contributed by atoms with E-state index in [4.69, 9.17) is 4.52 Å². The zero-order chi connectivity index (χ0) is 14.0. The first-order valence-electron chi connectivity index (χ1n) is 5.60. The minimum Gasteiger partial charge on any atom is -0.372 e. The van der Waals surface area contributed by atoms with Crippen LogP contribution >= 0.6 is 0 Å². The molecule has 2 heterocycles. The van der Waals surface area contributed by atoms with Gasteiger partial charge in [0.25, 0.3) is 5.91 Å². The maximum Gasteiger partial charge on any atom is 0.261 e. The number of halogens is 1. The number of rotatable bonds is 3. The average Bonchev–Trinajstić information content (AvgIpc) is 2.70. The van der Waals surface area contributed by atoms with Crippen molar-refractivity contribution in [1.82, 2.24) is 10.1 Å². The van der Waals surface area contributed by atoms with Crippen LogP contribution in [0, 0.1) is 19.7 Å². The van der Waals surface area contributed by atoms with Crippen LogP contribution in [-0.2, 0) is 0 Å². The lowest BCUT2D eigenvalue weighted by Crippen LogP contribution is -2.15. The van der Waals surface area contributed by atoms with Crippen LogP contribution in [0.4, 0.5) is 16.1 Å². The summed E-state index contributed by atoms with van der Waals surface area (Å²) in [6.45, 7) is 3.53. The van der Waals surface area contributed by atoms with Crippen LogP contribution in [0.2, 0.25) is 0 Å². The molecule has 0 fully saturated rings. The molecule has 0 aliphatic heterocycles. The van der Waals surface area contributed by atoms with E-state index in [0.717, 1.165) is 17.8 Å². The number of pyridine rings is 1. The van der Waals surface area contributed by atoms with E-state index in [1.54, 1.807) is 20.9 Å². The number of nitrogens with one attached hydrogen (secondary N) is 2. The molecular weight excluding hydrogens is 251 g/mol. The third-order valence-corrected chi connectivity index (χ3v) is 2.72. The van der Waals surface area contributed by atoms with Crippen molar-refractivity contribution in [2.75, 3.05) is 17.7 Å². The van der Waals surface area contributed by atoms with Gasteiger partial charge < -0.3 is 9.84 Å². The van der Waals surface area contributed by atoms with Crippen LogP contribution in [-0.4, -0.2) is 23.1 Å². The summed E-state index contributed by atoms with van der Waals surface area (Å²) in [7, 11) is 1.60. The minimum atomic E-state index is -0.588. The highest BCUT2D eigenvalue weighted by molar-refractivity contribution is 6.07. The number of amides is 1. The first-order chi connectivity index (χ1) is 9.02. The summed E-state index contributed by atoms with van der Waals surface area (Å²) in [5.74, 6) is -0.577. The summed E-state index contributed by atoms with van der Waals surface area (Å²) in [6.07, 6.45) is 1.03. The Morgan fingerprint density at radius 2 is 2.16 bits per heavy atom. The fourth-order valence-corrected chi connectivity index (χ4v) is 1.51. The predicted octanol–water partition coefficient (Wildman–Crippen LogP) is 2.12. The molecule has 0 radical (unpaired) electrons. The van der Waals surface area contributed by atoms with Crippen LogP contribution in [0.5, 0.6) is 0 Å². The van der Waals surface area contributed by atoms with E-state index in [-0.39, 0.29) is 17.3 Å². The van der Waals surface area contributed by atoms with Crippen molar-refractivity contribution in [2.45, 2.75) is 13.8 Å². The van der Waals surface area contributed by atoms with Gasteiger partial charge in [0, 0.05) is 12.6 Å². The summed E-state index contributed by atoms with van der Waals surface area (Å²) in [5, 5.41) is 8.99. The predicted molar refractivity (Wildman–Crippen MR) is 67.7 cm³/mol. The maximum absolute atomic E-state index is 13.2. The number of aryl methyl sites for hydroxylation is 1. The Kier molecular flexibility index (Phi) is 3.46. The van der Waals surface area contributed by atoms with Gasteiger partial charge in [0.05, 0.1) is 17.5 Å². The van der Waals surface area contributed by atoms with Crippen molar-refractivity contribution in [3.63, 3.8) is 0 Å². The molecule has 19 heavy (non-hydrogen) atoms. The van der Waals surface area contributed by atoms with E-state index < -0.39 is 11.7 Å². The van der Waals surface area contributed by atoms with Gasteiger partial charge in [0.1, 0.15) is 11.6 Å². The molecule has 0 aliphatic rings. The van der Waals surface area contributed by atoms with Gasteiger partial charge in [0.15, 0.2) is 0 Å². The van der Waals surface area contributed by atoms with Crippen LogP contribution in [0.1, 0.15) is 21.6 Å². The number of hydrogen-bond acceptors (Lipinski definition) is 5. The molecule has 0 aromatic carbocycles. The monoisotopic (exact) mass is 264 g/mol. The van der Waals surface area contributed by atoms with E-state index >= 15 is 0 Å². The van der Waals surface area contributed by atoms with Gasteiger partial charge in [0.2, 0.25) is 5.88 Å². The highest BCUT2D eigenvalue weighted by Crippen LogP contribution is 2.20. The van der Waals surface area contributed by atoms with Gasteiger partial charge in [-0.15, -0.1) is 0 Å². The maximum atomic E-state index is 13.2. The van der Waals surface area contributed by atoms with Crippen molar-refractivity contribution in [3.8, 4) is 0 Å². The molecule has 7 heteroatoms. The number of hydrogen-bond donors (Lipinski definition) is 2. The zero-order valence-electron chi connectivity index (χ0n) is 10.7. The molecule has 0 saturated heterocycles. The molecule has 2 aromatic heterocycles. The summed E-state index contributed by atoms with van der Waals surface area (Å²) in [5.41, 5.74) is 1.50. The first kappa shape index (κ1) is 13.0. The van der Waals surface area contributed by atoms with Gasteiger partial charge in [-0.05, 0) is 19.9 Å². The Balaban J connectivity index is 2.30. The molecule has 1 amide bonds. The Labute approximate surface area is 109 Å². The van der Waals surface area contributed by atoms with Crippen LogP contribution in [0.3, 0.4) is 0 Å². The molecule has 0 saturated carbocycles. The third-order valence-electron chi connectivity index (χ3n) is 2.72. The number of nitrogens with zero attached hydrogens (tertiary/aromatic N) is 2. The van der Waals surface area contributed by atoms with E-state index in [1.807, 2.05) is 0 Å². The van der Waals surface area contributed by atoms with Gasteiger partial charge >= 0.3 is 0 Å². The lowest BCUT2D eigenvalue weighted by molar-refractivity contribution is 0.102. The number of anilines is 2. The van der Waals surface area contributed by atoms with Gasteiger partial charge in [-0.1, -0.05) is 5.16 Å². The Morgan fingerprint density at radius 3 is 2.74 bits per heavy atom. The third kappa shape index (κ3) is 2.54. The van der Waals surface area contributed by atoms with E-state index in [9.17, 15) is 9.18 Å². The molecule has 0 bridgehead atoms. The van der Waals surface area contributed by atoms with Crippen molar-refractivity contribution < 1.29 is 13.7 Å². The van der Waals surface area contributed by atoms with Crippen LogP contribution < -0.4 is 10.6 Å². The average molecular weight is 264 g/mol. The molecule has 0 unspecified atom stereocenters. The first-order valence-corrected chi connectivity index (χ1v) is 5.60. The molecule has 0 spiro atoms. The zero-order valence-corrected chi connectivity index (χ0v) is 10.7. The van der Waals surface area contributed by atoms with Crippen molar-refractivity contribution in [3.05, 3.63) is 34.9 Å². The molecule has 2 rings (SSSR count). The second-order valence-corrected chi connectivity index (χ2v) is 3.98. The van der Waals surface area contributed by atoms with Gasteiger partial charge in [-0.2, -0.15) is 0 Å². The largest absolute Gasteiger partial charge is 0.372 e.